The van der Waals surface area contributed by atoms with Crippen LogP contribution in [0.2, 0.25) is 0 Å². The summed E-state index contributed by atoms with van der Waals surface area (Å²) in [4.78, 5) is 2.95. The summed E-state index contributed by atoms with van der Waals surface area (Å²) in [5.74, 6) is 0. The molecule has 1 heterocycles. The molecule has 0 aliphatic rings. The van der Waals surface area contributed by atoms with Crippen LogP contribution in [0.3, 0.4) is 0 Å². The topological polar surface area (TPSA) is 23.4 Å². The van der Waals surface area contributed by atoms with Gasteiger partial charge < -0.3 is 4.74 Å². The lowest BCUT2D eigenvalue weighted by Crippen LogP contribution is -1.99. The molecular formula is C8H12NO+. The van der Waals surface area contributed by atoms with Crippen molar-refractivity contribution in [2.45, 2.75) is 13.5 Å². The highest BCUT2D eigenvalue weighted by Crippen LogP contribution is 1.95. The van der Waals surface area contributed by atoms with E-state index in [1.807, 2.05) is 31.5 Å². The first-order valence-corrected chi connectivity index (χ1v) is 3.46. The van der Waals surface area contributed by atoms with Gasteiger partial charge in [-0.05, 0) is 12.5 Å². The second-order valence-corrected chi connectivity index (χ2v) is 2.05. The molecule has 10 heavy (non-hydrogen) atoms. The summed E-state index contributed by atoms with van der Waals surface area (Å²) in [6.45, 7) is 3.48. The molecule has 0 unspecified atom stereocenters. The number of ether oxygens (including phenoxy) is 1. The molecule has 0 amide bonds. The van der Waals surface area contributed by atoms with Crippen molar-refractivity contribution < 1.29 is 9.72 Å². The van der Waals surface area contributed by atoms with Crippen LogP contribution in [0, 0.1) is 0 Å². The van der Waals surface area contributed by atoms with Crippen molar-refractivity contribution in [2.75, 3.05) is 6.61 Å². The number of rotatable bonds is 3. The molecule has 54 valence electrons. The van der Waals surface area contributed by atoms with E-state index < -0.39 is 0 Å². The van der Waals surface area contributed by atoms with E-state index in [1.165, 1.54) is 5.56 Å². The van der Waals surface area contributed by atoms with E-state index in [4.69, 9.17) is 4.74 Å². The number of H-pyrrole nitrogens is 1. The van der Waals surface area contributed by atoms with E-state index in [1.54, 1.807) is 0 Å². The molecule has 2 nitrogen and oxygen atoms in total. The van der Waals surface area contributed by atoms with Crippen molar-refractivity contribution in [3.63, 3.8) is 0 Å². The molecule has 0 aliphatic carbocycles. The molecule has 0 spiro atoms. The fourth-order valence-electron chi connectivity index (χ4n) is 0.738. The molecule has 1 aromatic rings. The lowest BCUT2D eigenvalue weighted by atomic mass is 10.3. The van der Waals surface area contributed by atoms with Crippen LogP contribution >= 0.6 is 0 Å². The van der Waals surface area contributed by atoms with Gasteiger partial charge in [0.1, 0.15) is 0 Å². The number of nitrogens with one attached hydrogen (secondary N) is 1. The first-order valence-electron chi connectivity index (χ1n) is 3.46. The van der Waals surface area contributed by atoms with Crippen molar-refractivity contribution in [3.05, 3.63) is 30.1 Å². The summed E-state index contributed by atoms with van der Waals surface area (Å²) in [5.41, 5.74) is 1.21. The smallest absolute Gasteiger partial charge is 0.167 e. The van der Waals surface area contributed by atoms with Gasteiger partial charge in [-0.1, -0.05) is 0 Å². The largest absolute Gasteiger partial charge is 0.377 e. The van der Waals surface area contributed by atoms with Gasteiger partial charge in [0.2, 0.25) is 0 Å². The number of hydrogen-bond donors (Lipinski definition) is 0. The third-order valence-corrected chi connectivity index (χ3v) is 1.26. The van der Waals surface area contributed by atoms with Crippen LogP contribution in [0.1, 0.15) is 12.5 Å². The molecule has 0 aliphatic heterocycles. The van der Waals surface area contributed by atoms with Gasteiger partial charge >= 0.3 is 0 Å². The molecule has 1 aromatic heterocycles. The average Bonchev–Trinajstić information content (AvgIpc) is 2.03. The summed E-state index contributed by atoms with van der Waals surface area (Å²) in [6, 6.07) is 4.02. The Balaban J connectivity index is 2.43. The first-order chi connectivity index (χ1) is 4.93. The Labute approximate surface area is 60.9 Å². The zero-order valence-corrected chi connectivity index (χ0v) is 6.13. The summed E-state index contributed by atoms with van der Waals surface area (Å²) in [7, 11) is 0. The van der Waals surface area contributed by atoms with Gasteiger partial charge in [-0.3, -0.25) is 0 Å². The van der Waals surface area contributed by atoms with Crippen LogP contribution < -0.4 is 4.98 Å². The highest BCUT2D eigenvalue weighted by molar-refractivity contribution is 5.04. The second kappa shape index (κ2) is 4.01. The van der Waals surface area contributed by atoms with Gasteiger partial charge in [0, 0.05) is 18.7 Å². The van der Waals surface area contributed by atoms with Gasteiger partial charge in [0.25, 0.3) is 0 Å². The van der Waals surface area contributed by atoms with E-state index in [2.05, 4.69) is 4.98 Å². The molecule has 0 fully saturated rings. The molecule has 0 aromatic carbocycles. The lowest BCUT2D eigenvalue weighted by Gasteiger charge is -1.96. The highest BCUT2D eigenvalue weighted by Gasteiger charge is 1.90. The molecule has 0 atom stereocenters. The minimum Gasteiger partial charge on any atom is -0.377 e. The molecule has 0 radical (unpaired) electrons. The Kier molecular flexibility index (Phi) is 2.90. The maximum absolute atomic E-state index is 5.21. The minimum absolute atomic E-state index is 0.713. The van der Waals surface area contributed by atoms with Crippen molar-refractivity contribution in [2.24, 2.45) is 0 Å². The molecular weight excluding hydrogens is 126 g/mol. The molecule has 1 rings (SSSR count). The average molecular weight is 138 g/mol. The van der Waals surface area contributed by atoms with E-state index >= 15 is 0 Å². The van der Waals surface area contributed by atoms with Crippen LogP contribution in [0.4, 0.5) is 0 Å². The summed E-state index contributed by atoms with van der Waals surface area (Å²) >= 11 is 0. The Morgan fingerprint density at radius 1 is 1.40 bits per heavy atom. The van der Waals surface area contributed by atoms with Gasteiger partial charge in [-0.15, -0.1) is 0 Å². The Morgan fingerprint density at radius 3 is 2.70 bits per heavy atom. The Bertz CT molecular complexity index is 174. The monoisotopic (exact) mass is 138 g/mol. The van der Waals surface area contributed by atoms with Gasteiger partial charge in [-0.2, -0.15) is 0 Å². The van der Waals surface area contributed by atoms with E-state index in [0.29, 0.717) is 6.61 Å². The maximum atomic E-state index is 5.21. The van der Waals surface area contributed by atoms with Crippen LogP contribution in [-0.4, -0.2) is 6.61 Å². The number of aromatic amines is 1. The molecule has 0 bridgehead atoms. The summed E-state index contributed by atoms with van der Waals surface area (Å²) in [6.07, 6.45) is 3.79. The predicted molar refractivity (Wildman–Crippen MR) is 38.3 cm³/mol. The van der Waals surface area contributed by atoms with Crippen LogP contribution in [0.15, 0.2) is 24.5 Å². The second-order valence-electron chi connectivity index (χ2n) is 2.05. The normalized spacial score (nSPS) is 9.70. The molecule has 1 N–H and O–H groups in total. The third kappa shape index (κ3) is 2.15. The molecule has 0 saturated heterocycles. The van der Waals surface area contributed by atoms with Crippen molar-refractivity contribution in [1.82, 2.24) is 0 Å². The zero-order chi connectivity index (χ0) is 7.23. The van der Waals surface area contributed by atoms with Crippen molar-refractivity contribution in [1.29, 1.82) is 0 Å². The van der Waals surface area contributed by atoms with Crippen molar-refractivity contribution >= 4 is 0 Å². The number of aromatic nitrogens is 1. The Morgan fingerprint density at radius 2 is 2.10 bits per heavy atom. The van der Waals surface area contributed by atoms with Crippen LogP contribution in [-0.2, 0) is 11.3 Å². The van der Waals surface area contributed by atoms with E-state index in [9.17, 15) is 0 Å². The number of pyridine rings is 1. The summed E-state index contributed by atoms with van der Waals surface area (Å²) < 4.78 is 5.21. The van der Waals surface area contributed by atoms with E-state index in [0.717, 1.165) is 6.61 Å². The third-order valence-electron chi connectivity index (χ3n) is 1.26. The summed E-state index contributed by atoms with van der Waals surface area (Å²) in [5, 5.41) is 0. The van der Waals surface area contributed by atoms with Gasteiger partial charge in [0.15, 0.2) is 12.4 Å². The van der Waals surface area contributed by atoms with Gasteiger partial charge in [-0.25, -0.2) is 4.98 Å². The minimum atomic E-state index is 0.713. The molecule has 0 saturated carbocycles. The van der Waals surface area contributed by atoms with Gasteiger partial charge in [0.05, 0.1) is 6.61 Å². The standard InChI is InChI=1S/C8H11NO/c1-2-10-7-8-3-5-9-6-4-8/h3-6H,2,7H2,1H3/p+1. The van der Waals surface area contributed by atoms with Crippen LogP contribution in [0.25, 0.3) is 0 Å². The lowest BCUT2D eigenvalue weighted by molar-refractivity contribution is -0.378. The fraction of sp³-hybridized carbons (Fsp3) is 0.375. The Hall–Kier alpha value is -0.890. The quantitative estimate of drug-likeness (QED) is 0.612. The van der Waals surface area contributed by atoms with Crippen LogP contribution in [0.5, 0.6) is 0 Å². The first kappa shape index (κ1) is 7.22. The zero-order valence-electron chi connectivity index (χ0n) is 6.13. The predicted octanol–water partition coefficient (Wildman–Crippen LogP) is 1.04. The number of hydrogen-bond acceptors (Lipinski definition) is 1. The molecule has 2 heteroatoms. The van der Waals surface area contributed by atoms with Crippen molar-refractivity contribution in [3.8, 4) is 0 Å². The maximum Gasteiger partial charge on any atom is 0.167 e. The van der Waals surface area contributed by atoms with E-state index in [-0.39, 0.29) is 0 Å². The highest BCUT2D eigenvalue weighted by atomic mass is 16.5. The fourth-order valence-corrected chi connectivity index (χ4v) is 0.738. The SMILES string of the molecule is CCOCc1cc[nH+]cc1.